The predicted molar refractivity (Wildman–Crippen MR) is 292 cm³/mol. The van der Waals surface area contributed by atoms with Gasteiger partial charge in [0.05, 0.1) is 44.1 Å². The summed E-state index contributed by atoms with van der Waals surface area (Å²) < 4.78 is 11.6. The van der Waals surface area contributed by atoms with E-state index in [2.05, 4.69) is 255 Å². The highest BCUT2D eigenvalue weighted by Gasteiger charge is 2.43. The van der Waals surface area contributed by atoms with Gasteiger partial charge in [-0.05, 0) is 98.6 Å². The zero-order valence-electron chi connectivity index (χ0n) is 37.6. The van der Waals surface area contributed by atoms with E-state index >= 15 is 0 Å². The van der Waals surface area contributed by atoms with Crippen LogP contribution in [0.3, 0.4) is 0 Å². The minimum atomic E-state index is -3.05. The molecule has 6 heterocycles. The summed E-state index contributed by atoms with van der Waals surface area (Å²) >= 11 is 1.91. The van der Waals surface area contributed by atoms with Crippen molar-refractivity contribution in [1.29, 1.82) is 0 Å². The summed E-state index contributed by atoms with van der Waals surface area (Å²) in [5.41, 5.74) is 10.3. The first-order valence-corrected chi connectivity index (χ1v) is 26.4. The van der Waals surface area contributed by atoms with Crippen molar-refractivity contribution in [2.24, 2.45) is 0 Å². The van der Waals surface area contributed by atoms with Crippen LogP contribution in [0.2, 0.25) is 0 Å². The Bertz CT molecular complexity index is 4350. The average molecular weight is 930 g/mol. The van der Waals surface area contributed by atoms with Gasteiger partial charge in [0.15, 0.2) is 8.07 Å². The van der Waals surface area contributed by atoms with Gasteiger partial charge in [-0.25, -0.2) is 15.0 Å². The Morgan fingerprint density at radius 1 is 0.343 bits per heavy atom. The molecule has 9 heteroatoms. The molecule has 328 valence electrons. The second-order valence-electron chi connectivity index (χ2n) is 18.0. The third-order valence-corrected chi connectivity index (χ3v) is 20.5. The fourth-order valence-electron chi connectivity index (χ4n) is 11.4. The summed E-state index contributed by atoms with van der Waals surface area (Å²) in [7, 11) is -3.05. The van der Waals surface area contributed by atoms with Crippen LogP contribution < -0.4 is 20.7 Å². The van der Waals surface area contributed by atoms with Crippen molar-refractivity contribution < 1.29 is 0 Å². The van der Waals surface area contributed by atoms with Crippen molar-refractivity contribution in [3.63, 3.8) is 0 Å². The number of thiophene rings is 1. The Balaban J connectivity index is 1.05. The van der Waals surface area contributed by atoms with Gasteiger partial charge < -0.3 is 0 Å². The largest absolute Gasteiger partial charge is 0.276 e. The number of benzene rings is 9. The first-order valence-electron chi connectivity index (χ1n) is 23.6. The number of imidazole rings is 4. The smallest absolute Gasteiger partial charge is 0.221 e. The molecule has 0 aliphatic carbocycles. The molecule has 0 aliphatic heterocycles. The second-order valence-corrected chi connectivity index (χ2v) is 22.9. The third-order valence-electron chi connectivity index (χ3n) is 14.3. The normalized spacial score (nSPS) is 12.3. The van der Waals surface area contributed by atoms with Gasteiger partial charge in [0.2, 0.25) is 11.6 Å². The van der Waals surface area contributed by atoms with Crippen LogP contribution >= 0.6 is 11.3 Å². The van der Waals surface area contributed by atoms with Crippen LogP contribution in [0.1, 0.15) is 0 Å². The molecule has 70 heavy (non-hydrogen) atoms. The Morgan fingerprint density at radius 2 is 0.814 bits per heavy atom. The Hall–Kier alpha value is -8.89. The molecular formula is C61H39N7SSi. The van der Waals surface area contributed by atoms with Crippen LogP contribution in [0.15, 0.2) is 237 Å². The van der Waals surface area contributed by atoms with Crippen LogP contribution in [0.5, 0.6) is 0 Å². The molecule has 0 aliphatic rings. The SMILES string of the molecule is c1ccc([Si](c2ccccc2)(c2cccc(-c3cc(-n4c5ccccc5n5c6ccccc6nc45)nc(-n4c5ccccc5n5c6ccccc6nc45)c3)c2)c2cccc3c2sc2ccccc23)cc1. The summed E-state index contributed by atoms with van der Waals surface area (Å²) in [6.07, 6.45) is 0. The van der Waals surface area contributed by atoms with E-state index in [9.17, 15) is 0 Å². The third kappa shape index (κ3) is 5.52. The maximum Gasteiger partial charge on any atom is 0.221 e. The van der Waals surface area contributed by atoms with Crippen LogP contribution in [-0.2, 0) is 0 Å². The van der Waals surface area contributed by atoms with Gasteiger partial charge in [-0.2, -0.15) is 0 Å². The van der Waals surface area contributed by atoms with Crippen molar-refractivity contribution in [2.45, 2.75) is 0 Å². The number of hydrogen-bond donors (Lipinski definition) is 0. The maximum atomic E-state index is 5.68. The van der Waals surface area contributed by atoms with Crippen molar-refractivity contribution in [1.82, 2.24) is 32.9 Å². The van der Waals surface area contributed by atoms with Gasteiger partial charge in [-0.15, -0.1) is 11.3 Å². The highest BCUT2D eigenvalue weighted by molar-refractivity contribution is 7.30. The van der Waals surface area contributed by atoms with Gasteiger partial charge in [0, 0.05) is 20.2 Å². The quantitative estimate of drug-likeness (QED) is 0.118. The van der Waals surface area contributed by atoms with Gasteiger partial charge in [-0.3, -0.25) is 17.9 Å². The lowest BCUT2D eigenvalue weighted by atomic mass is 10.1. The second kappa shape index (κ2) is 15.1. The van der Waals surface area contributed by atoms with Crippen molar-refractivity contribution in [3.8, 4) is 22.8 Å². The van der Waals surface area contributed by atoms with E-state index in [1.54, 1.807) is 0 Å². The molecule has 15 aromatic rings. The first kappa shape index (κ1) is 39.1. The minimum absolute atomic E-state index is 0.760. The van der Waals surface area contributed by atoms with Crippen molar-refractivity contribution >= 4 is 116 Å². The molecule has 6 aromatic heterocycles. The lowest BCUT2D eigenvalue weighted by molar-refractivity contribution is 0.983. The molecule has 0 saturated carbocycles. The summed E-state index contributed by atoms with van der Waals surface area (Å²) in [5, 5.41) is 7.95. The van der Waals surface area contributed by atoms with E-state index in [0.717, 1.165) is 78.5 Å². The van der Waals surface area contributed by atoms with Gasteiger partial charge in [-0.1, -0.05) is 170 Å². The summed E-state index contributed by atoms with van der Waals surface area (Å²) in [4.78, 5) is 16.3. The monoisotopic (exact) mass is 929 g/mol. The summed E-state index contributed by atoms with van der Waals surface area (Å²) in [6, 6.07) is 86.1. The van der Waals surface area contributed by atoms with Crippen LogP contribution in [0.25, 0.3) is 98.6 Å². The zero-order valence-corrected chi connectivity index (χ0v) is 39.4. The molecule has 0 bridgehead atoms. The molecule has 9 aromatic carbocycles. The zero-order chi connectivity index (χ0) is 45.9. The Kier molecular flexibility index (Phi) is 8.42. The van der Waals surface area contributed by atoms with E-state index in [0.29, 0.717) is 0 Å². The molecule has 0 N–H and O–H groups in total. The van der Waals surface area contributed by atoms with Crippen molar-refractivity contribution in [3.05, 3.63) is 237 Å². The maximum absolute atomic E-state index is 5.68. The average Bonchev–Trinajstić information content (AvgIpc) is 4.24. The van der Waals surface area contributed by atoms with Crippen molar-refractivity contribution in [2.75, 3.05) is 0 Å². The van der Waals surface area contributed by atoms with Crippen LogP contribution in [-0.4, -0.2) is 41.0 Å². The van der Waals surface area contributed by atoms with Gasteiger partial charge in [0.1, 0.15) is 11.6 Å². The first-order chi connectivity index (χ1) is 34.7. The Morgan fingerprint density at radius 3 is 1.41 bits per heavy atom. The molecule has 15 rings (SSSR count). The molecule has 0 atom stereocenters. The minimum Gasteiger partial charge on any atom is -0.276 e. The number of rotatable bonds is 7. The molecule has 7 nitrogen and oxygen atoms in total. The van der Waals surface area contributed by atoms with Gasteiger partial charge >= 0.3 is 0 Å². The predicted octanol–water partition coefficient (Wildman–Crippen LogP) is 12.0. The molecule has 0 fully saturated rings. The fourth-order valence-corrected chi connectivity index (χ4v) is 18.0. The van der Waals surface area contributed by atoms with E-state index < -0.39 is 8.07 Å². The number of aromatic nitrogens is 7. The molecular weight excluding hydrogens is 891 g/mol. The highest BCUT2D eigenvalue weighted by atomic mass is 32.1. The van der Waals surface area contributed by atoms with Crippen LogP contribution in [0, 0.1) is 0 Å². The lowest BCUT2D eigenvalue weighted by Crippen LogP contribution is -2.74. The van der Waals surface area contributed by atoms with E-state index in [4.69, 9.17) is 15.0 Å². The summed E-state index contributed by atoms with van der Waals surface area (Å²) in [6.45, 7) is 0. The van der Waals surface area contributed by atoms with E-state index in [1.807, 2.05) is 11.3 Å². The molecule has 0 saturated heterocycles. The number of para-hydroxylation sites is 8. The Labute approximate surface area is 406 Å². The van der Waals surface area contributed by atoms with E-state index in [1.165, 1.54) is 40.9 Å². The van der Waals surface area contributed by atoms with Crippen LogP contribution in [0.4, 0.5) is 0 Å². The molecule has 0 radical (unpaired) electrons. The number of nitrogens with zero attached hydrogens (tertiary/aromatic N) is 7. The van der Waals surface area contributed by atoms with E-state index in [-0.39, 0.29) is 0 Å². The molecule has 0 spiro atoms. The number of fused-ring (bicyclic) bond motifs is 13. The summed E-state index contributed by atoms with van der Waals surface area (Å²) in [5.74, 6) is 3.13. The number of pyridine rings is 1. The molecule has 0 amide bonds. The standard InChI is InChI=1S/C61H39N7SSi/c1-3-20-42(21-4-1)70(43-22-5-2-6-23-43,56-36-18-26-46-45-25-7-16-35-55(45)69-59(46)56)44-24-17-19-40(37-44)41-38-57(67-53-33-14-12-31-51(53)65-49-29-10-8-27-47(49)62-60(65)67)64-58(39-41)68-54-34-15-13-32-52(54)66-50-30-11-9-28-48(50)63-61(66)68/h1-39H. The number of hydrogen-bond acceptors (Lipinski definition) is 4. The fraction of sp³-hybridized carbons (Fsp3) is 0. The highest BCUT2D eigenvalue weighted by Crippen LogP contribution is 2.36. The van der Waals surface area contributed by atoms with Gasteiger partial charge in [0.25, 0.3) is 0 Å². The lowest BCUT2D eigenvalue weighted by Gasteiger charge is -2.35. The topological polar surface area (TPSA) is 57.4 Å². The molecule has 0 unspecified atom stereocenters.